The van der Waals surface area contributed by atoms with Crippen molar-refractivity contribution in [2.75, 3.05) is 13.2 Å². The topological polar surface area (TPSA) is 68.2 Å². The first-order valence-electron chi connectivity index (χ1n) is 10.4. The fourth-order valence-electron chi connectivity index (χ4n) is 4.07. The number of carbonyl (C=O) groups excluding carboxylic acids is 1. The van der Waals surface area contributed by atoms with Gasteiger partial charge in [0, 0.05) is 29.8 Å². The Hall–Kier alpha value is -2.41. The normalized spacial score (nSPS) is 21.5. The highest BCUT2D eigenvalue weighted by atomic mass is 19.1. The van der Waals surface area contributed by atoms with Gasteiger partial charge in [-0.1, -0.05) is 0 Å². The predicted molar refractivity (Wildman–Crippen MR) is 110 cm³/mol. The van der Waals surface area contributed by atoms with Crippen LogP contribution in [-0.4, -0.2) is 46.4 Å². The number of imidazole rings is 1. The number of hydrogen-bond acceptors (Lipinski definition) is 4. The predicted octanol–water partition coefficient (Wildman–Crippen LogP) is 3.32. The molecule has 156 valence electrons. The number of nitrogens with zero attached hydrogens (tertiary/aromatic N) is 2. The minimum absolute atomic E-state index is 0.0654. The van der Waals surface area contributed by atoms with Gasteiger partial charge in [-0.3, -0.25) is 4.79 Å². The number of nitrogens with one attached hydrogen (secondary N) is 2. The average Bonchev–Trinajstić information content (AvgIpc) is 3.08. The van der Waals surface area contributed by atoms with Crippen LogP contribution in [0.15, 0.2) is 30.7 Å². The average molecular weight is 400 g/mol. The summed E-state index contributed by atoms with van der Waals surface area (Å²) in [5.74, 6) is 0.715. The van der Waals surface area contributed by atoms with E-state index >= 15 is 0 Å². The third kappa shape index (κ3) is 4.78. The minimum Gasteiger partial charge on any atom is -0.491 e. The van der Waals surface area contributed by atoms with Crippen LogP contribution < -0.4 is 15.4 Å². The maximum Gasteiger partial charge on any atom is 0.251 e. The van der Waals surface area contributed by atoms with E-state index < -0.39 is 5.67 Å². The summed E-state index contributed by atoms with van der Waals surface area (Å²) < 4.78 is 21.5. The molecule has 6 nitrogen and oxygen atoms in total. The van der Waals surface area contributed by atoms with Crippen molar-refractivity contribution in [2.24, 2.45) is 0 Å². The quantitative estimate of drug-likeness (QED) is 0.808. The summed E-state index contributed by atoms with van der Waals surface area (Å²) in [5.41, 5.74) is 1.29. The maximum atomic E-state index is 13.7. The van der Waals surface area contributed by atoms with Crippen LogP contribution in [0.4, 0.5) is 4.39 Å². The number of halogens is 1. The van der Waals surface area contributed by atoms with Crippen molar-refractivity contribution in [1.82, 2.24) is 20.2 Å². The number of fused-ring (bicyclic) bond motifs is 3. The lowest BCUT2D eigenvalue weighted by Gasteiger charge is -2.31. The first-order chi connectivity index (χ1) is 13.9. The van der Waals surface area contributed by atoms with E-state index in [1.54, 1.807) is 20.2 Å². The van der Waals surface area contributed by atoms with Gasteiger partial charge in [0.05, 0.1) is 24.8 Å². The molecule has 0 atom stereocenters. The van der Waals surface area contributed by atoms with Crippen LogP contribution in [0.25, 0.3) is 11.3 Å². The zero-order valence-electron chi connectivity index (χ0n) is 17.1. The molecule has 1 fully saturated rings. The number of aromatic nitrogens is 2. The Morgan fingerprint density at radius 2 is 2.03 bits per heavy atom. The van der Waals surface area contributed by atoms with Gasteiger partial charge in [0.2, 0.25) is 0 Å². The second-order valence-electron chi connectivity index (χ2n) is 8.65. The Labute approximate surface area is 170 Å². The summed E-state index contributed by atoms with van der Waals surface area (Å²) >= 11 is 0. The molecule has 0 radical (unpaired) electrons. The Morgan fingerprint density at radius 3 is 2.79 bits per heavy atom. The highest BCUT2D eigenvalue weighted by molar-refractivity contribution is 5.96. The molecule has 4 rings (SSSR count). The molecule has 0 bridgehead atoms. The van der Waals surface area contributed by atoms with Gasteiger partial charge in [-0.15, -0.1) is 0 Å². The maximum absolute atomic E-state index is 13.7. The standard InChI is InChI=1S/C22H29FN4O2/c1-22(2,23)13-25-16-4-6-17(7-5-16)26-21(28)15-3-8-20-18(11-15)19-12-24-14-27(19)9-10-29-20/h3,8,11-12,14,16-17,25H,4-7,9-10,13H2,1-2H3,(H,26,28). The number of ether oxygens (including phenoxy) is 1. The third-order valence-corrected chi connectivity index (χ3v) is 5.69. The van der Waals surface area contributed by atoms with Gasteiger partial charge < -0.3 is 19.9 Å². The molecule has 1 saturated carbocycles. The Bertz CT molecular complexity index is 866. The fourth-order valence-corrected chi connectivity index (χ4v) is 4.07. The summed E-state index contributed by atoms with van der Waals surface area (Å²) in [4.78, 5) is 17.1. The van der Waals surface area contributed by atoms with E-state index in [0.29, 0.717) is 24.8 Å². The molecule has 1 aliphatic heterocycles. The van der Waals surface area contributed by atoms with Crippen LogP contribution in [-0.2, 0) is 6.54 Å². The summed E-state index contributed by atoms with van der Waals surface area (Å²) in [5, 5.41) is 6.47. The number of alkyl halides is 1. The molecule has 2 N–H and O–H groups in total. The van der Waals surface area contributed by atoms with Crippen molar-refractivity contribution in [1.29, 1.82) is 0 Å². The van der Waals surface area contributed by atoms with Crippen molar-refractivity contribution in [3.05, 3.63) is 36.3 Å². The SMILES string of the molecule is CC(C)(F)CNC1CCC(NC(=O)c2ccc3c(c2)-c2cncn2CCO3)CC1. The Balaban J connectivity index is 1.37. The van der Waals surface area contributed by atoms with Crippen LogP contribution in [0.1, 0.15) is 49.9 Å². The molecule has 0 spiro atoms. The van der Waals surface area contributed by atoms with Gasteiger partial charge in [-0.05, 0) is 57.7 Å². The van der Waals surface area contributed by atoms with Crippen LogP contribution in [0, 0.1) is 0 Å². The smallest absolute Gasteiger partial charge is 0.251 e. The molecule has 1 aromatic carbocycles. The van der Waals surface area contributed by atoms with Crippen LogP contribution in [0.5, 0.6) is 5.75 Å². The summed E-state index contributed by atoms with van der Waals surface area (Å²) in [6, 6.07) is 6.05. The number of carbonyl (C=O) groups is 1. The Morgan fingerprint density at radius 1 is 1.28 bits per heavy atom. The van der Waals surface area contributed by atoms with E-state index in [9.17, 15) is 9.18 Å². The van der Waals surface area contributed by atoms with Crippen LogP contribution in [0.2, 0.25) is 0 Å². The van der Waals surface area contributed by atoms with Gasteiger partial charge in [-0.25, -0.2) is 9.37 Å². The molecule has 29 heavy (non-hydrogen) atoms. The van der Waals surface area contributed by atoms with Gasteiger partial charge in [0.15, 0.2) is 0 Å². The number of rotatable bonds is 5. The Kier molecular flexibility index (Phi) is 5.58. The van der Waals surface area contributed by atoms with E-state index in [4.69, 9.17) is 4.74 Å². The minimum atomic E-state index is -1.20. The lowest BCUT2D eigenvalue weighted by atomic mass is 9.90. The molecule has 2 heterocycles. The number of benzene rings is 1. The van der Waals surface area contributed by atoms with Gasteiger partial charge >= 0.3 is 0 Å². The summed E-state index contributed by atoms with van der Waals surface area (Å²) in [7, 11) is 0. The van der Waals surface area contributed by atoms with E-state index in [1.165, 1.54) is 0 Å². The molecule has 1 aliphatic carbocycles. The fraction of sp³-hybridized carbons (Fsp3) is 0.545. The third-order valence-electron chi connectivity index (χ3n) is 5.69. The first kappa shape index (κ1) is 19.9. The molecule has 2 aromatic rings. The number of hydrogen-bond donors (Lipinski definition) is 2. The molecule has 0 saturated heterocycles. The van der Waals surface area contributed by atoms with E-state index in [0.717, 1.165) is 49.2 Å². The lowest BCUT2D eigenvalue weighted by Crippen LogP contribution is -2.44. The molecule has 2 aliphatic rings. The van der Waals surface area contributed by atoms with Crippen LogP contribution in [0.3, 0.4) is 0 Å². The van der Waals surface area contributed by atoms with Crippen molar-refractivity contribution < 1.29 is 13.9 Å². The first-order valence-corrected chi connectivity index (χ1v) is 10.4. The molecule has 1 amide bonds. The second kappa shape index (κ2) is 8.14. The lowest BCUT2D eigenvalue weighted by molar-refractivity contribution is 0.0923. The van der Waals surface area contributed by atoms with Crippen molar-refractivity contribution >= 4 is 5.91 Å². The van der Waals surface area contributed by atoms with Gasteiger partial charge in [-0.2, -0.15) is 0 Å². The van der Waals surface area contributed by atoms with E-state index in [1.807, 2.05) is 29.0 Å². The zero-order valence-corrected chi connectivity index (χ0v) is 17.1. The molecule has 1 aromatic heterocycles. The molecule has 0 unspecified atom stereocenters. The largest absolute Gasteiger partial charge is 0.491 e. The summed E-state index contributed by atoms with van der Waals surface area (Å²) in [6.45, 7) is 4.86. The van der Waals surface area contributed by atoms with Crippen molar-refractivity contribution in [2.45, 2.75) is 63.8 Å². The molecular formula is C22H29FN4O2. The summed E-state index contributed by atoms with van der Waals surface area (Å²) in [6.07, 6.45) is 7.28. The highest BCUT2D eigenvalue weighted by Crippen LogP contribution is 2.33. The molecular weight excluding hydrogens is 371 g/mol. The van der Waals surface area contributed by atoms with Crippen molar-refractivity contribution in [3.8, 4) is 17.0 Å². The van der Waals surface area contributed by atoms with Crippen molar-refractivity contribution in [3.63, 3.8) is 0 Å². The van der Waals surface area contributed by atoms with E-state index in [-0.39, 0.29) is 11.9 Å². The number of amides is 1. The van der Waals surface area contributed by atoms with Gasteiger partial charge in [0.25, 0.3) is 5.91 Å². The molecule has 7 heteroatoms. The monoisotopic (exact) mass is 400 g/mol. The van der Waals surface area contributed by atoms with Crippen LogP contribution >= 0.6 is 0 Å². The second-order valence-corrected chi connectivity index (χ2v) is 8.65. The zero-order chi connectivity index (χ0) is 20.4. The highest BCUT2D eigenvalue weighted by Gasteiger charge is 2.25. The van der Waals surface area contributed by atoms with Gasteiger partial charge in [0.1, 0.15) is 18.0 Å². The van der Waals surface area contributed by atoms with E-state index in [2.05, 4.69) is 15.6 Å².